The Morgan fingerprint density at radius 1 is 1.41 bits per heavy atom. The molecule has 4 rings (SSSR count). The lowest BCUT2D eigenvalue weighted by molar-refractivity contribution is -0.122. The van der Waals surface area contributed by atoms with E-state index < -0.39 is 0 Å². The third-order valence-corrected chi connectivity index (χ3v) is 4.83. The Hall–Kier alpha value is -3.10. The van der Waals surface area contributed by atoms with Crippen LogP contribution < -0.4 is 21.4 Å². The van der Waals surface area contributed by atoms with E-state index in [9.17, 15) is 4.79 Å². The highest BCUT2D eigenvalue weighted by Crippen LogP contribution is 2.24. The van der Waals surface area contributed by atoms with Crippen molar-refractivity contribution >= 4 is 36.5 Å². The van der Waals surface area contributed by atoms with Gasteiger partial charge in [0.15, 0.2) is 5.65 Å². The highest BCUT2D eigenvalue weighted by molar-refractivity contribution is 6.36. The average molecular weight is 361 g/mol. The lowest BCUT2D eigenvalue weighted by Gasteiger charge is -2.32. The van der Waals surface area contributed by atoms with Gasteiger partial charge < -0.3 is 16.0 Å². The zero-order valence-electron chi connectivity index (χ0n) is 14.9. The lowest BCUT2D eigenvalue weighted by atomic mass is 9.97. The van der Waals surface area contributed by atoms with Gasteiger partial charge in [-0.05, 0) is 29.9 Å². The first kappa shape index (κ1) is 17.3. The van der Waals surface area contributed by atoms with Crippen LogP contribution >= 0.6 is 0 Å². The molecule has 1 unspecified atom stereocenters. The minimum atomic E-state index is -0.264. The molecule has 27 heavy (non-hydrogen) atoms. The minimum Gasteiger partial charge on any atom is -0.369 e. The minimum absolute atomic E-state index is 0.161. The first-order chi connectivity index (χ1) is 13.1. The van der Waals surface area contributed by atoms with Gasteiger partial charge in [0.05, 0.1) is 5.92 Å². The topological polar surface area (TPSA) is 101 Å². The molecule has 1 aliphatic rings. The number of nitrogens with one attached hydrogen (secondary N) is 1. The van der Waals surface area contributed by atoms with Gasteiger partial charge in [0.1, 0.15) is 19.5 Å². The number of nitrogens with two attached hydrogens (primary N) is 1. The van der Waals surface area contributed by atoms with E-state index in [2.05, 4.69) is 25.3 Å². The number of rotatable bonds is 5. The average Bonchev–Trinajstić information content (AvgIpc) is 3.08. The van der Waals surface area contributed by atoms with Crippen molar-refractivity contribution in [3.05, 3.63) is 42.4 Å². The molecule has 3 aromatic rings. The SMILES string of the molecule is [B]c1cnn2c(NCc3cccnc3)cc(N3CCCC(C(N)=O)C3)nc12. The molecule has 1 fully saturated rings. The summed E-state index contributed by atoms with van der Waals surface area (Å²) in [5, 5.41) is 7.70. The number of fused-ring (bicyclic) bond motifs is 1. The number of piperidine rings is 1. The van der Waals surface area contributed by atoms with Gasteiger partial charge in [-0.1, -0.05) is 6.07 Å². The number of anilines is 2. The van der Waals surface area contributed by atoms with E-state index in [1.54, 1.807) is 16.9 Å². The molecule has 1 atom stereocenters. The molecule has 0 aromatic carbocycles. The van der Waals surface area contributed by atoms with Crippen LogP contribution in [0.1, 0.15) is 18.4 Å². The predicted octanol–water partition coefficient (Wildman–Crippen LogP) is 0.232. The Morgan fingerprint density at radius 2 is 2.30 bits per heavy atom. The van der Waals surface area contributed by atoms with Gasteiger partial charge in [-0.3, -0.25) is 9.78 Å². The third kappa shape index (κ3) is 3.58. The van der Waals surface area contributed by atoms with Crippen molar-refractivity contribution in [1.29, 1.82) is 0 Å². The van der Waals surface area contributed by atoms with Gasteiger partial charge in [0, 0.05) is 44.3 Å². The van der Waals surface area contributed by atoms with Crippen molar-refractivity contribution in [2.75, 3.05) is 23.3 Å². The van der Waals surface area contributed by atoms with Gasteiger partial charge >= 0.3 is 0 Å². The van der Waals surface area contributed by atoms with Crippen molar-refractivity contribution in [3.63, 3.8) is 0 Å². The van der Waals surface area contributed by atoms with E-state index in [0.29, 0.717) is 24.2 Å². The van der Waals surface area contributed by atoms with E-state index in [4.69, 9.17) is 13.6 Å². The normalized spacial score (nSPS) is 17.2. The van der Waals surface area contributed by atoms with Crippen LogP contribution in [0.15, 0.2) is 36.8 Å². The summed E-state index contributed by atoms with van der Waals surface area (Å²) in [6, 6.07) is 5.83. The molecule has 2 radical (unpaired) electrons. The summed E-state index contributed by atoms with van der Waals surface area (Å²) < 4.78 is 1.69. The van der Waals surface area contributed by atoms with Crippen molar-refractivity contribution in [1.82, 2.24) is 19.6 Å². The van der Waals surface area contributed by atoms with Crippen LogP contribution in [0.3, 0.4) is 0 Å². The first-order valence-corrected chi connectivity index (χ1v) is 8.93. The number of pyridine rings is 1. The van der Waals surface area contributed by atoms with E-state index in [0.717, 1.165) is 36.6 Å². The lowest BCUT2D eigenvalue weighted by Crippen LogP contribution is -2.41. The summed E-state index contributed by atoms with van der Waals surface area (Å²) >= 11 is 0. The van der Waals surface area contributed by atoms with Crippen molar-refractivity contribution < 1.29 is 4.79 Å². The summed E-state index contributed by atoms with van der Waals surface area (Å²) in [4.78, 5) is 22.5. The largest absolute Gasteiger partial charge is 0.369 e. The second-order valence-electron chi connectivity index (χ2n) is 6.74. The number of carbonyl (C=O) groups excluding carboxylic acids is 1. The molecule has 3 N–H and O–H groups in total. The Balaban J connectivity index is 1.65. The molecular weight excluding hydrogens is 341 g/mol. The molecule has 0 aliphatic carbocycles. The summed E-state index contributed by atoms with van der Waals surface area (Å²) in [5.74, 6) is 1.11. The predicted molar refractivity (Wildman–Crippen MR) is 104 cm³/mol. The van der Waals surface area contributed by atoms with Gasteiger partial charge in [-0.25, -0.2) is 4.98 Å². The third-order valence-electron chi connectivity index (χ3n) is 4.83. The molecule has 1 aliphatic heterocycles. The van der Waals surface area contributed by atoms with Crippen LogP contribution in [-0.4, -0.2) is 46.4 Å². The summed E-state index contributed by atoms with van der Waals surface area (Å²) in [6.07, 6.45) is 6.85. The number of aromatic nitrogens is 4. The molecule has 3 aromatic heterocycles. The standard InChI is InChI=1S/C18H20BN7O/c19-14-10-23-26-15(22-9-12-3-1-5-21-8-12)7-16(24-18(14)26)25-6-2-4-13(11-25)17(20)27/h1,3,5,7-8,10,13,22H,2,4,6,9,11H2,(H2,20,27). The molecule has 136 valence electrons. The number of hydrogen-bond acceptors (Lipinski definition) is 6. The number of primary amides is 1. The van der Waals surface area contributed by atoms with E-state index >= 15 is 0 Å². The molecule has 0 saturated carbocycles. The second-order valence-corrected chi connectivity index (χ2v) is 6.74. The first-order valence-electron chi connectivity index (χ1n) is 8.93. The quantitative estimate of drug-likeness (QED) is 0.631. The van der Waals surface area contributed by atoms with Crippen LogP contribution in [0, 0.1) is 5.92 Å². The number of amides is 1. The monoisotopic (exact) mass is 361 g/mol. The molecule has 4 heterocycles. The maximum Gasteiger partial charge on any atom is 0.222 e. The van der Waals surface area contributed by atoms with E-state index in [1.165, 1.54) is 0 Å². The second kappa shape index (κ2) is 7.26. The highest BCUT2D eigenvalue weighted by Gasteiger charge is 2.25. The zero-order valence-corrected chi connectivity index (χ0v) is 14.9. The van der Waals surface area contributed by atoms with Crippen LogP contribution in [0.4, 0.5) is 11.6 Å². The van der Waals surface area contributed by atoms with Crippen LogP contribution in [0.5, 0.6) is 0 Å². The fourth-order valence-corrected chi connectivity index (χ4v) is 3.37. The van der Waals surface area contributed by atoms with E-state index in [-0.39, 0.29) is 11.8 Å². The fourth-order valence-electron chi connectivity index (χ4n) is 3.37. The Kier molecular flexibility index (Phi) is 4.66. The summed E-state index contributed by atoms with van der Waals surface area (Å²) in [6.45, 7) is 1.98. The number of carbonyl (C=O) groups is 1. The Labute approximate surface area is 158 Å². The Bertz CT molecular complexity index is 959. The van der Waals surface area contributed by atoms with Crippen molar-refractivity contribution in [2.24, 2.45) is 11.7 Å². The van der Waals surface area contributed by atoms with Crippen LogP contribution in [0.2, 0.25) is 0 Å². The molecule has 1 amide bonds. The Morgan fingerprint density at radius 3 is 3.07 bits per heavy atom. The fraction of sp³-hybridized carbons (Fsp3) is 0.333. The maximum absolute atomic E-state index is 11.6. The molecule has 9 heteroatoms. The van der Waals surface area contributed by atoms with Gasteiger partial charge in [-0.15, -0.1) is 0 Å². The summed E-state index contributed by atoms with van der Waals surface area (Å²) in [7, 11) is 6.05. The summed E-state index contributed by atoms with van der Waals surface area (Å²) in [5.41, 5.74) is 7.65. The molecule has 0 spiro atoms. The van der Waals surface area contributed by atoms with Gasteiger partial charge in [0.2, 0.25) is 5.91 Å². The van der Waals surface area contributed by atoms with Crippen LogP contribution in [0.25, 0.3) is 5.65 Å². The molecule has 1 saturated heterocycles. The van der Waals surface area contributed by atoms with Crippen molar-refractivity contribution in [3.8, 4) is 0 Å². The zero-order chi connectivity index (χ0) is 18.8. The molecular formula is C18H20BN7O. The van der Waals surface area contributed by atoms with Gasteiger partial charge in [-0.2, -0.15) is 9.61 Å². The van der Waals surface area contributed by atoms with Crippen molar-refractivity contribution in [2.45, 2.75) is 19.4 Å². The number of nitrogens with zero attached hydrogens (tertiary/aromatic N) is 5. The van der Waals surface area contributed by atoms with E-state index in [1.807, 2.05) is 24.4 Å². The number of hydrogen-bond donors (Lipinski definition) is 2. The van der Waals surface area contributed by atoms with Crippen LogP contribution in [-0.2, 0) is 11.3 Å². The molecule has 8 nitrogen and oxygen atoms in total. The maximum atomic E-state index is 11.6. The smallest absolute Gasteiger partial charge is 0.222 e. The molecule has 0 bridgehead atoms. The highest BCUT2D eigenvalue weighted by atomic mass is 16.1. The van der Waals surface area contributed by atoms with Gasteiger partial charge in [0.25, 0.3) is 0 Å².